The minimum atomic E-state index is 0.127. The minimum absolute atomic E-state index is 0.127. The third-order valence-electron chi connectivity index (χ3n) is 4.06. The van der Waals surface area contributed by atoms with Crippen LogP contribution >= 0.6 is 0 Å². The van der Waals surface area contributed by atoms with Crippen molar-refractivity contribution >= 4 is 11.4 Å². The molecule has 0 heterocycles. The molecule has 0 aliphatic heterocycles. The molecular weight excluding hydrogens is 296 g/mol. The van der Waals surface area contributed by atoms with Crippen LogP contribution in [0.1, 0.15) is 29.5 Å². The Morgan fingerprint density at radius 1 is 0.667 bits per heavy atom. The second kappa shape index (κ2) is 7.09. The molecule has 4 N–H and O–H groups in total. The van der Waals surface area contributed by atoms with E-state index in [0.29, 0.717) is 6.61 Å². The summed E-state index contributed by atoms with van der Waals surface area (Å²) in [6, 6.07) is 24.3. The van der Waals surface area contributed by atoms with E-state index in [0.717, 1.165) is 17.1 Å². The van der Waals surface area contributed by atoms with Gasteiger partial charge in [-0.3, -0.25) is 0 Å². The van der Waals surface area contributed by atoms with Crippen LogP contribution in [0.25, 0.3) is 0 Å². The molecule has 0 radical (unpaired) electrons. The van der Waals surface area contributed by atoms with Crippen molar-refractivity contribution in [2.24, 2.45) is 0 Å². The van der Waals surface area contributed by atoms with Gasteiger partial charge in [-0.25, -0.2) is 0 Å². The molecule has 3 aromatic carbocycles. The summed E-state index contributed by atoms with van der Waals surface area (Å²) in [7, 11) is 0. The van der Waals surface area contributed by atoms with Crippen molar-refractivity contribution in [3.05, 3.63) is 89.5 Å². The number of ether oxygens (including phenoxy) is 1. The van der Waals surface area contributed by atoms with Gasteiger partial charge in [-0.2, -0.15) is 0 Å². The summed E-state index contributed by atoms with van der Waals surface area (Å²) in [5.41, 5.74) is 16.8. The van der Waals surface area contributed by atoms with E-state index in [4.69, 9.17) is 16.2 Å². The molecular formula is C21H22N2O. The van der Waals surface area contributed by atoms with Crippen LogP contribution < -0.4 is 16.2 Å². The predicted octanol–water partition coefficient (Wildman–Crippen LogP) is 4.43. The zero-order chi connectivity index (χ0) is 16.9. The van der Waals surface area contributed by atoms with Crippen molar-refractivity contribution in [3.63, 3.8) is 0 Å². The van der Waals surface area contributed by atoms with Gasteiger partial charge in [0.2, 0.25) is 0 Å². The topological polar surface area (TPSA) is 61.3 Å². The number of nitrogens with two attached hydrogens (primary N) is 2. The number of rotatable bonds is 5. The fourth-order valence-electron chi connectivity index (χ4n) is 2.88. The standard InChI is InChI=1S/C21H22N2O/c1-2-24-20-13-7-17(8-14-20)21(15-3-9-18(22)10-4-15)16-5-11-19(23)12-6-16/h3-14,21H,2,22-23H2,1H3. The van der Waals surface area contributed by atoms with Crippen LogP contribution in [0.5, 0.6) is 5.75 Å². The summed E-state index contributed by atoms with van der Waals surface area (Å²) in [6.07, 6.45) is 0. The van der Waals surface area contributed by atoms with Gasteiger partial charge in [-0.05, 0) is 60.0 Å². The van der Waals surface area contributed by atoms with Crippen LogP contribution in [0, 0.1) is 0 Å². The first-order chi connectivity index (χ1) is 11.7. The summed E-state index contributed by atoms with van der Waals surface area (Å²) in [5.74, 6) is 1.01. The Morgan fingerprint density at radius 2 is 1.04 bits per heavy atom. The molecule has 0 unspecified atom stereocenters. The lowest BCUT2D eigenvalue weighted by Gasteiger charge is -2.19. The minimum Gasteiger partial charge on any atom is -0.494 e. The zero-order valence-electron chi connectivity index (χ0n) is 13.8. The van der Waals surface area contributed by atoms with Crippen molar-refractivity contribution in [3.8, 4) is 5.75 Å². The Bertz CT molecular complexity index is 732. The third-order valence-corrected chi connectivity index (χ3v) is 4.06. The van der Waals surface area contributed by atoms with E-state index < -0.39 is 0 Å². The summed E-state index contributed by atoms with van der Waals surface area (Å²) in [4.78, 5) is 0. The maximum absolute atomic E-state index is 5.84. The maximum Gasteiger partial charge on any atom is 0.119 e. The highest BCUT2D eigenvalue weighted by molar-refractivity contribution is 5.50. The highest BCUT2D eigenvalue weighted by Gasteiger charge is 2.16. The largest absolute Gasteiger partial charge is 0.494 e. The molecule has 0 bridgehead atoms. The van der Waals surface area contributed by atoms with Gasteiger partial charge >= 0.3 is 0 Å². The lowest BCUT2D eigenvalue weighted by Crippen LogP contribution is -2.04. The molecule has 3 rings (SSSR count). The van der Waals surface area contributed by atoms with Crippen molar-refractivity contribution in [2.75, 3.05) is 18.1 Å². The molecule has 0 fully saturated rings. The van der Waals surface area contributed by atoms with Crippen molar-refractivity contribution in [1.82, 2.24) is 0 Å². The average molecular weight is 318 g/mol. The van der Waals surface area contributed by atoms with Crippen LogP contribution in [0.15, 0.2) is 72.8 Å². The van der Waals surface area contributed by atoms with E-state index in [2.05, 4.69) is 36.4 Å². The van der Waals surface area contributed by atoms with Crippen molar-refractivity contribution in [2.45, 2.75) is 12.8 Å². The Hall–Kier alpha value is -2.94. The molecule has 0 atom stereocenters. The molecule has 3 aromatic rings. The normalized spacial score (nSPS) is 10.8. The number of hydrogen-bond acceptors (Lipinski definition) is 3. The van der Waals surface area contributed by atoms with Gasteiger partial charge in [0.05, 0.1) is 6.61 Å². The molecule has 3 nitrogen and oxygen atoms in total. The fourth-order valence-corrected chi connectivity index (χ4v) is 2.88. The van der Waals surface area contributed by atoms with E-state index in [-0.39, 0.29) is 5.92 Å². The first-order valence-electron chi connectivity index (χ1n) is 8.11. The highest BCUT2D eigenvalue weighted by Crippen LogP contribution is 2.33. The predicted molar refractivity (Wildman–Crippen MR) is 100 cm³/mol. The number of benzene rings is 3. The average Bonchev–Trinajstić information content (AvgIpc) is 2.60. The number of hydrogen-bond donors (Lipinski definition) is 2. The second-order valence-electron chi connectivity index (χ2n) is 5.77. The van der Waals surface area contributed by atoms with E-state index in [1.54, 1.807) is 0 Å². The summed E-state index contributed by atoms with van der Waals surface area (Å²) < 4.78 is 5.55. The highest BCUT2D eigenvalue weighted by atomic mass is 16.5. The molecule has 0 saturated carbocycles. The van der Waals surface area contributed by atoms with Gasteiger partial charge in [0.25, 0.3) is 0 Å². The summed E-state index contributed by atoms with van der Waals surface area (Å²) in [5, 5.41) is 0. The van der Waals surface area contributed by atoms with Gasteiger partial charge in [0.1, 0.15) is 5.75 Å². The number of nitrogen functional groups attached to an aromatic ring is 2. The van der Waals surface area contributed by atoms with Crippen LogP contribution in [0.4, 0.5) is 11.4 Å². The molecule has 24 heavy (non-hydrogen) atoms. The second-order valence-corrected chi connectivity index (χ2v) is 5.77. The lowest BCUT2D eigenvalue weighted by molar-refractivity contribution is 0.340. The first-order valence-corrected chi connectivity index (χ1v) is 8.11. The van der Waals surface area contributed by atoms with Gasteiger partial charge in [-0.1, -0.05) is 36.4 Å². The van der Waals surface area contributed by atoms with Crippen LogP contribution in [-0.2, 0) is 0 Å². The van der Waals surface area contributed by atoms with E-state index in [1.165, 1.54) is 16.7 Å². The van der Waals surface area contributed by atoms with E-state index >= 15 is 0 Å². The van der Waals surface area contributed by atoms with Gasteiger partial charge in [0.15, 0.2) is 0 Å². The zero-order valence-corrected chi connectivity index (χ0v) is 13.8. The van der Waals surface area contributed by atoms with Gasteiger partial charge in [-0.15, -0.1) is 0 Å². The molecule has 0 aliphatic carbocycles. The van der Waals surface area contributed by atoms with Crippen LogP contribution in [-0.4, -0.2) is 6.61 Å². The fraction of sp³-hybridized carbons (Fsp3) is 0.143. The summed E-state index contributed by atoms with van der Waals surface area (Å²) >= 11 is 0. The smallest absolute Gasteiger partial charge is 0.119 e. The van der Waals surface area contributed by atoms with E-state index in [1.807, 2.05) is 43.3 Å². The SMILES string of the molecule is CCOc1ccc(C(c2ccc(N)cc2)c2ccc(N)cc2)cc1. The maximum atomic E-state index is 5.84. The van der Waals surface area contributed by atoms with E-state index in [9.17, 15) is 0 Å². The Kier molecular flexibility index (Phi) is 4.71. The molecule has 0 aromatic heterocycles. The molecule has 3 heteroatoms. The van der Waals surface area contributed by atoms with Gasteiger partial charge < -0.3 is 16.2 Å². The third kappa shape index (κ3) is 3.51. The van der Waals surface area contributed by atoms with Crippen molar-refractivity contribution < 1.29 is 4.74 Å². The monoisotopic (exact) mass is 318 g/mol. The van der Waals surface area contributed by atoms with Crippen molar-refractivity contribution in [1.29, 1.82) is 0 Å². The Morgan fingerprint density at radius 3 is 1.42 bits per heavy atom. The quantitative estimate of drug-likeness (QED) is 0.540. The molecule has 0 saturated heterocycles. The molecule has 0 aliphatic rings. The Labute approximate surface area is 142 Å². The lowest BCUT2D eigenvalue weighted by atomic mass is 9.85. The van der Waals surface area contributed by atoms with Crippen LogP contribution in [0.2, 0.25) is 0 Å². The molecule has 0 amide bonds. The van der Waals surface area contributed by atoms with Gasteiger partial charge in [0, 0.05) is 17.3 Å². The summed E-state index contributed by atoms with van der Waals surface area (Å²) in [6.45, 7) is 2.65. The molecule has 122 valence electrons. The number of anilines is 2. The first kappa shape index (κ1) is 15.9. The Balaban J connectivity index is 2.04. The van der Waals surface area contributed by atoms with Crippen LogP contribution in [0.3, 0.4) is 0 Å². The molecule has 0 spiro atoms.